The van der Waals surface area contributed by atoms with Crippen LogP contribution in [0.4, 0.5) is 5.82 Å². The van der Waals surface area contributed by atoms with Crippen LogP contribution in [0.25, 0.3) is 0 Å². The second-order valence-corrected chi connectivity index (χ2v) is 4.70. The smallest absolute Gasteiger partial charge is 0.253 e. The van der Waals surface area contributed by atoms with E-state index in [-0.39, 0.29) is 5.91 Å². The van der Waals surface area contributed by atoms with Gasteiger partial charge in [-0.3, -0.25) is 4.79 Å². The molecule has 1 heterocycles. The normalized spacial score (nSPS) is 10.4. The maximum Gasteiger partial charge on any atom is 0.253 e. The van der Waals surface area contributed by atoms with Crippen molar-refractivity contribution in [3.05, 3.63) is 23.4 Å². The van der Waals surface area contributed by atoms with E-state index in [0.29, 0.717) is 24.5 Å². The van der Waals surface area contributed by atoms with Crippen molar-refractivity contribution >= 4 is 11.7 Å². The highest BCUT2D eigenvalue weighted by molar-refractivity contribution is 5.94. The van der Waals surface area contributed by atoms with Crippen LogP contribution in [0.5, 0.6) is 0 Å². The van der Waals surface area contributed by atoms with Gasteiger partial charge in [-0.1, -0.05) is 13.3 Å². The lowest BCUT2D eigenvalue weighted by Crippen LogP contribution is -2.28. The van der Waals surface area contributed by atoms with Gasteiger partial charge in [0.2, 0.25) is 0 Å². The van der Waals surface area contributed by atoms with Crippen molar-refractivity contribution in [3.63, 3.8) is 0 Å². The summed E-state index contributed by atoms with van der Waals surface area (Å²) in [6.45, 7) is 3.37. The molecule has 0 unspecified atom stereocenters. The molecule has 1 rings (SSSR count). The van der Waals surface area contributed by atoms with Gasteiger partial charge in [0.15, 0.2) is 0 Å². The van der Waals surface area contributed by atoms with E-state index in [1.165, 1.54) is 0 Å². The number of aromatic nitrogens is 1. The van der Waals surface area contributed by atoms with Gasteiger partial charge in [-0.15, -0.1) is 0 Å². The number of aryl methyl sites for hydroxylation is 1. The Morgan fingerprint density at radius 1 is 1.50 bits per heavy atom. The number of pyridine rings is 1. The van der Waals surface area contributed by atoms with E-state index in [0.717, 1.165) is 25.0 Å². The fourth-order valence-electron chi connectivity index (χ4n) is 1.94. The number of hydrazine groups is 1. The summed E-state index contributed by atoms with van der Waals surface area (Å²) in [5, 5.41) is 0. The standard InChI is InChI=1S/C14H24N4O2/c1-4-6-12-9-11(10-13(16-12)17-15)14(19)18(2)7-5-8-20-3/h9-10H,4-8,15H2,1-3H3,(H,16,17). The highest BCUT2D eigenvalue weighted by Crippen LogP contribution is 2.13. The van der Waals surface area contributed by atoms with Gasteiger partial charge in [-0.25, -0.2) is 10.8 Å². The zero-order valence-corrected chi connectivity index (χ0v) is 12.5. The number of ether oxygens (including phenoxy) is 1. The number of carbonyl (C=O) groups excluding carboxylic acids is 1. The summed E-state index contributed by atoms with van der Waals surface area (Å²) < 4.78 is 4.99. The molecule has 6 nitrogen and oxygen atoms in total. The van der Waals surface area contributed by atoms with Crippen LogP contribution in [-0.2, 0) is 11.2 Å². The van der Waals surface area contributed by atoms with Gasteiger partial charge in [-0.2, -0.15) is 0 Å². The summed E-state index contributed by atoms with van der Waals surface area (Å²) in [6.07, 6.45) is 2.61. The van der Waals surface area contributed by atoms with Crippen LogP contribution >= 0.6 is 0 Å². The number of nitrogens with two attached hydrogens (primary N) is 1. The van der Waals surface area contributed by atoms with Crippen molar-refractivity contribution in [2.24, 2.45) is 5.84 Å². The molecular formula is C14H24N4O2. The third-order valence-corrected chi connectivity index (χ3v) is 2.97. The van der Waals surface area contributed by atoms with Crippen LogP contribution in [0.15, 0.2) is 12.1 Å². The van der Waals surface area contributed by atoms with Crippen molar-refractivity contribution in [2.75, 3.05) is 32.7 Å². The van der Waals surface area contributed by atoms with Gasteiger partial charge in [0.1, 0.15) is 5.82 Å². The lowest BCUT2D eigenvalue weighted by atomic mass is 10.1. The van der Waals surface area contributed by atoms with E-state index in [1.54, 1.807) is 25.1 Å². The number of hydrogen-bond acceptors (Lipinski definition) is 5. The number of nitrogens with zero attached hydrogens (tertiary/aromatic N) is 2. The average molecular weight is 280 g/mol. The Morgan fingerprint density at radius 2 is 2.25 bits per heavy atom. The molecule has 0 atom stereocenters. The molecule has 20 heavy (non-hydrogen) atoms. The Balaban J connectivity index is 2.82. The van der Waals surface area contributed by atoms with E-state index in [9.17, 15) is 4.79 Å². The Bertz CT molecular complexity index is 437. The van der Waals surface area contributed by atoms with E-state index < -0.39 is 0 Å². The molecule has 3 N–H and O–H groups in total. The highest BCUT2D eigenvalue weighted by Gasteiger charge is 2.13. The number of hydrogen-bond donors (Lipinski definition) is 2. The Morgan fingerprint density at radius 3 is 2.85 bits per heavy atom. The van der Waals surface area contributed by atoms with Crippen LogP contribution in [-0.4, -0.2) is 43.1 Å². The van der Waals surface area contributed by atoms with E-state index >= 15 is 0 Å². The van der Waals surface area contributed by atoms with Gasteiger partial charge >= 0.3 is 0 Å². The van der Waals surface area contributed by atoms with E-state index in [2.05, 4.69) is 17.3 Å². The Kier molecular flexibility index (Phi) is 6.97. The maximum absolute atomic E-state index is 12.4. The molecule has 0 aliphatic heterocycles. The van der Waals surface area contributed by atoms with Crippen LogP contribution in [0.3, 0.4) is 0 Å². The highest BCUT2D eigenvalue weighted by atomic mass is 16.5. The number of methoxy groups -OCH3 is 1. The first-order valence-electron chi connectivity index (χ1n) is 6.84. The number of rotatable bonds is 8. The first kappa shape index (κ1) is 16.4. The summed E-state index contributed by atoms with van der Waals surface area (Å²) in [5.74, 6) is 5.89. The second kappa shape index (κ2) is 8.50. The third kappa shape index (κ3) is 4.79. The van der Waals surface area contributed by atoms with Crippen molar-refractivity contribution in [2.45, 2.75) is 26.2 Å². The fraction of sp³-hybridized carbons (Fsp3) is 0.571. The molecule has 0 aliphatic rings. The minimum absolute atomic E-state index is 0.0302. The van der Waals surface area contributed by atoms with E-state index in [1.807, 2.05) is 6.07 Å². The predicted molar refractivity (Wildman–Crippen MR) is 79.5 cm³/mol. The van der Waals surface area contributed by atoms with Crippen LogP contribution < -0.4 is 11.3 Å². The monoisotopic (exact) mass is 280 g/mol. The van der Waals surface area contributed by atoms with Gasteiger partial charge in [0.05, 0.1) is 0 Å². The molecule has 0 saturated carbocycles. The van der Waals surface area contributed by atoms with Gasteiger partial charge < -0.3 is 15.1 Å². The van der Waals surface area contributed by atoms with Gasteiger partial charge in [0, 0.05) is 38.6 Å². The number of anilines is 1. The number of nitrogens with one attached hydrogen (secondary N) is 1. The van der Waals surface area contributed by atoms with Crippen LogP contribution in [0, 0.1) is 0 Å². The number of carbonyl (C=O) groups is 1. The quantitative estimate of drug-likeness (QED) is 0.428. The van der Waals surface area contributed by atoms with Crippen molar-refractivity contribution in [1.29, 1.82) is 0 Å². The Hall–Kier alpha value is -1.66. The molecule has 112 valence electrons. The molecule has 1 aromatic heterocycles. The molecule has 1 amide bonds. The molecular weight excluding hydrogens is 256 g/mol. The number of amides is 1. The van der Waals surface area contributed by atoms with Crippen LogP contribution in [0.1, 0.15) is 35.8 Å². The van der Waals surface area contributed by atoms with Crippen molar-refractivity contribution < 1.29 is 9.53 Å². The van der Waals surface area contributed by atoms with Crippen LogP contribution in [0.2, 0.25) is 0 Å². The average Bonchev–Trinajstić information content (AvgIpc) is 2.46. The zero-order chi connectivity index (χ0) is 15.0. The molecule has 0 saturated heterocycles. The molecule has 0 spiro atoms. The molecule has 1 aromatic rings. The topological polar surface area (TPSA) is 80.5 Å². The second-order valence-electron chi connectivity index (χ2n) is 4.70. The Labute approximate surface area is 120 Å². The maximum atomic E-state index is 12.4. The lowest BCUT2D eigenvalue weighted by Gasteiger charge is -2.18. The van der Waals surface area contributed by atoms with Gasteiger partial charge in [-0.05, 0) is 25.0 Å². The molecule has 0 radical (unpaired) electrons. The molecule has 0 aromatic carbocycles. The summed E-state index contributed by atoms with van der Waals surface area (Å²) in [5.41, 5.74) is 3.99. The largest absolute Gasteiger partial charge is 0.385 e. The molecule has 0 fully saturated rings. The minimum atomic E-state index is -0.0302. The first-order chi connectivity index (χ1) is 9.62. The molecule has 0 aliphatic carbocycles. The minimum Gasteiger partial charge on any atom is -0.385 e. The molecule has 6 heteroatoms. The summed E-state index contributed by atoms with van der Waals surface area (Å²) in [7, 11) is 3.44. The molecule has 0 bridgehead atoms. The van der Waals surface area contributed by atoms with E-state index in [4.69, 9.17) is 10.6 Å². The van der Waals surface area contributed by atoms with Crippen molar-refractivity contribution in [3.8, 4) is 0 Å². The zero-order valence-electron chi connectivity index (χ0n) is 12.5. The summed E-state index contributed by atoms with van der Waals surface area (Å²) >= 11 is 0. The SMILES string of the molecule is CCCc1cc(C(=O)N(C)CCCOC)cc(NN)n1. The third-order valence-electron chi connectivity index (χ3n) is 2.97. The van der Waals surface area contributed by atoms with Crippen molar-refractivity contribution in [1.82, 2.24) is 9.88 Å². The summed E-state index contributed by atoms with van der Waals surface area (Å²) in [6, 6.07) is 3.51. The predicted octanol–water partition coefficient (Wildman–Crippen LogP) is 1.43. The lowest BCUT2D eigenvalue weighted by molar-refractivity contribution is 0.0779. The fourth-order valence-corrected chi connectivity index (χ4v) is 1.94. The summed E-state index contributed by atoms with van der Waals surface area (Å²) in [4.78, 5) is 18.4. The van der Waals surface area contributed by atoms with Gasteiger partial charge in [0.25, 0.3) is 5.91 Å². The number of nitrogen functional groups attached to an aromatic ring is 1. The first-order valence-corrected chi connectivity index (χ1v) is 6.84.